The molecule has 2 aromatic carbocycles. The summed E-state index contributed by atoms with van der Waals surface area (Å²) in [6.45, 7) is 5.36. The molecule has 0 saturated carbocycles. The van der Waals surface area contributed by atoms with Crippen molar-refractivity contribution in [1.29, 1.82) is 0 Å². The van der Waals surface area contributed by atoms with Crippen molar-refractivity contribution in [3.05, 3.63) is 59.2 Å². The minimum Gasteiger partial charge on any atom is -0.493 e. The highest BCUT2D eigenvalue weighted by atomic mass is 32.1. The quantitative estimate of drug-likeness (QED) is 0.390. The molecule has 0 saturated heterocycles. The van der Waals surface area contributed by atoms with Gasteiger partial charge in [0.1, 0.15) is 24.3 Å². The summed E-state index contributed by atoms with van der Waals surface area (Å²) < 4.78 is 16.9. The van der Waals surface area contributed by atoms with Crippen LogP contribution in [0.25, 0.3) is 0 Å². The standard InChI is InChI=1S/C27H31NO3S/c1-5-8-9-19-31-26(23-13-10-21(7-3)11-14-23)27(32)28-17-16-22-12-15-24(30-18-6-2)25(20-22)29-4/h2,10-15,20,26H,5,7,16-19H2,1,3-4H3,(H,28,32). The molecule has 5 heteroatoms. The van der Waals surface area contributed by atoms with E-state index in [1.807, 2.05) is 25.1 Å². The summed E-state index contributed by atoms with van der Waals surface area (Å²) in [5, 5.41) is 3.35. The second-order valence-corrected chi connectivity index (χ2v) is 7.45. The summed E-state index contributed by atoms with van der Waals surface area (Å²) in [6.07, 6.45) is 7.49. The number of thiocarbonyl (C=S) groups is 1. The first-order valence-corrected chi connectivity index (χ1v) is 11.2. The number of nitrogens with one attached hydrogen (secondary N) is 1. The van der Waals surface area contributed by atoms with Gasteiger partial charge in [-0.3, -0.25) is 0 Å². The Balaban J connectivity index is 2.01. The third-order valence-corrected chi connectivity index (χ3v) is 5.16. The van der Waals surface area contributed by atoms with Crippen molar-refractivity contribution >= 4 is 17.2 Å². The monoisotopic (exact) mass is 449 g/mol. The molecule has 0 aliphatic heterocycles. The van der Waals surface area contributed by atoms with E-state index >= 15 is 0 Å². The molecular weight excluding hydrogens is 418 g/mol. The van der Waals surface area contributed by atoms with Crippen molar-refractivity contribution in [3.63, 3.8) is 0 Å². The highest BCUT2D eigenvalue weighted by molar-refractivity contribution is 7.80. The molecule has 0 fully saturated rings. The summed E-state index contributed by atoms with van der Waals surface area (Å²) in [7, 11) is 1.61. The Morgan fingerprint density at radius 2 is 1.78 bits per heavy atom. The Morgan fingerprint density at radius 1 is 1.03 bits per heavy atom. The van der Waals surface area contributed by atoms with Gasteiger partial charge in [-0.1, -0.05) is 68.2 Å². The van der Waals surface area contributed by atoms with Gasteiger partial charge in [0.15, 0.2) is 11.5 Å². The van der Waals surface area contributed by atoms with E-state index < -0.39 is 0 Å². The molecule has 0 spiro atoms. The number of ether oxygens (including phenoxy) is 3. The van der Waals surface area contributed by atoms with Gasteiger partial charge in [0, 0.05) is 13.0 Å². The average molecular weight is 450 g/mol. The van der Waals surface area contributed by atoms with E-state index in [1.165, 1.54) is 5.56 Å². The minimum absolute atomic E-state index is 0.203. The van der Waals surface area contributed by atoms with E-state index in [-0.39, 0.29) is 12.7 Å². The van der Waals surface area contributed by atoms with E-state index in [9.17, 15) is 0 Å². The molecular formula is C27H31NO3S. The second-order valence-electron chi connectivity index (χ2n) is 7.01. The van der Waals surface area contributed by atoms with Gasteiger partial charge < -0.3 is 19.5 Å². The zero-order valence-electron chi connectivity index (χ0n) is 19.1. The average Bonchev–Trinajstić information content (AvgIpc) is 2.83. The van der Waals surface area contributed by atoms with Crippen molar-refractivity contribution in [1.82, 2.24) is 5.32 Å². The Morgan fingerprint density at radius 3 is 2.44 bits per heavy atom. The Labute approximate surface area is 197 Å². The van der Waals surface area contributed by atoms with Crippen LogP contribution in [-0.2, 0) is 17.6 Å². The van der Waals surface area contributed by atoms with Crippen molar-refractivity contribution in [3.8, 4) is 35.7 Å². The maximum absolute atomic E-state index is 6.03. The molecule has 0 radical (unpaired) electrons. The lowest BCUT2D eigenvalue weighted by Gasteiger charge is -2.20. The third kappa shape index (κ3) is 7.93. The molecule has 0 bridgehead atoms. The van der Waals surface area contributed by atoms with Crippen molar-refractivity contribution in [2.24, 2.45) is 0 Å². The normalized spacial score (nSPS) is 10.9. The summed E-state index contributed by atoms with van der Waals surface area (Å²) in [6, 6.07) is 14.2. The molecule has 4 nitrogen and oxygen atoms in total. The third-order valence-electron chi connectivity index (χ3n) is 4.80. The number of hydrogen-bond acceptors (Lipinski definition) is 4. The van der Waals surface area contributed by atoms with Crippen LogP contribution in [0.4, 0.5) is 0 Å². The molecule has 0 amide bonds. The van der Waals surface area contributed by atoms with Gasteiger partial charge in [0.2, 0.25) is 0 Å². The largest absolute Gasteiger partial charge is 0.493 e. The molecule has 32 heavy (non-hydrogen) atoms. The van der Waals surface area contributed by atoms with Gasteiger partial charge in [0.25, 0.3) is 0 Å². The van der Waals surface area contributed by atoms with Crippen LogP contribution in [0.15, 0.2) is 42.5 Å². The first-order valence-electron chi connectivity index (χ1n) is 10.8. The van der Waals surface area contributed by atoms with Gasteiger partial charge in [0.05, 0.1) is 7.11 Å². The topological polar surface area (TPSA) is 39.7 Å². The molecule has 2 rings (SSSR count). The second kappa shape index (κ2) is 14.1. The molecule has 1 atom stereocenters. The fourth-order valence-corrected chi connectivity index (χ4v) is 3.39. The first kappa shape index (κ1) is 25.3. The predicted molar refractivity (Wildman–Crippen MR) is 134 cm³/mol. The zero-order valence-corrected chi connectivity index (χ0v) is 19.9. The van der Waals surface area contributed by atoms with Crippen LogP contribution in [0.1, 0.15) is 43.1 Å². The highest BCUT2D eigenvalue weighted by Gasteiger charge is 2.17. The number of benzene rings is 2. The molecule has 1 unspecified atom stereocenters. The fourth-order valence-electron chi connectivity index (χ4n) is 3.08. The summed E-state index contributed by atoms with van der Waals surface area (Å²) in [5.41, 5.74) is 3.40. The van der Waals surface area contributed by atoms with Crippen LogP contribution < -0.4 is 14.8 Å². The van der Waals surface area contributed by atoms with Gasteiger partial charge >= 0.3 is 0 Å². The van der Waals surface area contributed by atoms with Crippen molar-refractivity contribution in [2.45, 2.75) is 39.2 Å². The Kier molecular flexibility index (Phi) is 11.2. The SMILES string of the molecule is C#CCOc1ccc(CCNC(=S)C(OCC#CCC)c2ccc(CC)cc2)cc1OC. The van der Waals surface area contributed by atoms with Crippen molar-refractivity contribution < 1.29 is 14.2 Å². The van der Waals surface area contributed by atoms with Crippen LogP contribution >= 0.6 is 12.2 Å². The van der Waals surface area contributed by atoms with Gasteiger partial charge in [-0.05, 0) is 41.7 Å². The highest BCUT2D eigenvalue weighted by Crippen LogP contribution is 2.28. The molecule has 0 aromatic heterocycles. The Hall–Kier alpha value is -2.99. The molecule has 1 N–H and O–H groups in total. The van der Waals surface area contributed by atoms with Crippen LogP contribution in [0, 0.1) is 24.2 Å². The molecule has 2 aromatic rings. The maximum atomic E-state index is 6.03. The lowest BCUT2D eigenvalue weighted by molar-refractivity contribution is 0.127. The van der Waals surface area contributed by atoms with E-state index in [1.54, 1.807) is 7.11 Å². The first-order chi connectivity index (χ1) is 15.6. The lowest BCUT2D eigenvalue weighted by Crippen LogP contribution is -2.31. The minimum atomic E-state index is -0.337. The van der Waals surface area contributed by atoms with Gasteiger partial charge in [-0.2, -0.15) is 0 Å². The number of aryl methyl sites for hydroxylation is 1. The maximum Gasteiger partial charge on any atom is 0.162 e. The molecule has 0 aliphatic rings. The number of methoxy groups -OCH3 is 1. The van der Waals surface area contributed by atoms with E-state index in [0.29, 0.717) is 29.6 Å². The molecule has 0 heterocycles. The van der Waals surface area contributed by atoms with Crippen LogP contribution in [-0.4, -0.2) is 31.9 Å². The van der Waals surface area contributed by atoms with E-state index in [2.05, 4.69) is 54.3 Å². The lowest BCUT2D eigenvalue weighted by atomic mass is 10.1. The number of rotatable bonds is 11. The number of hydrogen-bond donors (Lipinski definition) is 1. The van der Waals surface area contributed by atoms with Crippen LogP contribution in [0.3, 0.4) is 0 Å². The van der Waals surface area contributed by atoms with Gasteiger partial charge in [-0.15, -0.1) is 12.3 Å². The summed E-state index contributed by atoms with van der Waals surface area (Å²) >= 11 is 5.68. The molecule has 168 valence electrons. The van der Waals surface area contributed by atoms with Crippen molar-refractivity contribution in [2.75, 3.05) is 26.9 Å². The zero-order chi connectivity index (χ0) is 23.2. The smallest absolute Gasteiger partial charge is 0.162 e. The summed E-state index contributed by atoms with van der Waals surface area (Å²) in [5.74, 6) is 9.81. The number of terminal acetylenes is 1. The predicted octanol–water partition coefficient (Wildman–Crippen LogP) is 4.90. The van der Waals surface area contributed by atoms with E-state index in [4.69, 9.17) is 32.9 Å². The van der Waals surface area contributed by atoms with Crippen LogP contribution in [0.2, 0.25) is 0 Å². The van der Waals surface area contributed by atoms with E-state index in [0.717, 1.165) is 30.4 Å². The van der Waals surface area contributed by atoms with Crippen LogP contribution in [0.5, 0.6) is 11.5 Å². The summed E-state index contributed by atoms with van der Waals surface area (Å²) in [4.78, 5) is 0.647. The van der Waals surface area contributed by atoms with Gasteiger partial charge in [-0.25, -0.2) is 0 Å². The fraction of sp³-hybridized carbons (Fsp3) is 0.370. The Bertz CT molecular complexity index is 967. The molecule has 0 aliphatic carbocycles.